The van der Waals surface area contributed by atoms with E-state index in [1.165, 1.54) is 6.21 Å². The van der Waals surface area contributed by atoms with Crippen molar-refractivity contribution in [3.8, 4) is 0 Å². The first-order valence-electron chi connectivity index (χ1n) is 6.51. The Morgan fingerprint density at radius 2 is 2.18 bits per heavy atom. The molecular weight excluding hydrogens is 388 g/mol. The van der Waals surface area contributed by atoms with Gasteiger partial charge in [0.15, 0.2) is 0 Å². The minimum atomic E-state index is -0.139. The molecule has 0 atom stereocenters. The maximum atomic E-state index is 11.7. The summed E-state index contributed by atoms with van der Waals surface area (Å²) in [5.41, 5.74) is 2.48. The summed E-state index contributed by atoms with van der Waals surface area (Å²) < 4.78 is 6.26. The molecule has 1 heterocycles. The number of benzene rings is 1. The minimum absolute atomic E-state index is 0.139. The van der Waals surface area contributed by atoms with Crippen molar-refractivity contribution in [3.05, 3.63) is 51.3 Å². The number of hydrogen-bond acceptors (Lipinski definition) is 4. The highest BCUT2D eigenvalue weighted by Crippen LogP contribution is 2.21. The van der Waals surface area contributed by atoms with Crippen molar-refractivity contribution in [2.45, 2.75) is 18.2 Å². The zero-order valence-corrected chi connectivity index (χ0v) is 15.0. The molecule has 1 aromatic heterocycles. The van der Waals surface area contributed by atoms with E-state index in [1.54, 1.807) is 17.8 Å². The number of carbonyl (C=O) groups excluding carboxylic acids is 1. The third kappa shape index (κ3) is 5.51. The zero-order chi connectivity index (χ0) is 15.9. The van der Waals surface area contributed by atoms with E-state index in [9.17, 15) is 4.79 Å². The van der Waals surface area contributed by atoms with Crippen molar-refractivity contribution in [1.82, 2.24) is 5.43 Å². The molecule has 116 valence electrons. The van der Waals surface area contributed by atoms with Gasteiger partial charge in [-0.25, -0.2) is 5.43 Å². The van der Waals surface area contributed by atoms with Crippen LogP contribution >= 0.6 is 39.3 Å². The van der Waals surface area contributed by atoms with Gasteiger partial charge in [0, 0.05) is 28.2 Å². The fourth-order valence-corrected chi connectivity index (χ4v) is 2.85. The van der Waals surface area contributed by atoms with Crippen LogP contribution in [0, 0.1) is 6.92 Å². The Balaban J connectivity index is 1.70. The van der Waals surface area contributed by atoms with E-state index in [4.69, 9.17) is 16.0 Å². The van der Waals surface area contributed by atoms with E-state index >= 15 is 0 Å². The van der Waals surface area contributed by atoms with Gasteiger partial charge in [0.1, 0.15) is 11.5 Å². The highest BCUT2D eigenvalue weighted by Gasteiger charge is 2.03. The van der Waals surface area contributed by atoms with Crippen molar-refractivity contribution < 1.29 is 9.21 Å². The summed E-state index contributed by atoms with van der Waals surface area (Å²) in [7, 11) is 0. The molecule has 2 aromatic rings. The predicted octanol–water partition coefficient (Wildman–Crippen LogP) is 4.64. The van der Waals surface area contributed by atoms with Crippen LogP contribution in [-0.2, 0) is 4.79 Å². The number of hydrazone groups is 1. The fraction of sp³-hybridized carbons (Fsp3) is 0.200. The van der Waals surface area contributed by atoms with Gasteiger partial charge in [-0.15, -0.1) is 11.8 Å². The molecule has 1 aromatic carbocycles. The molecular formula is C15H14BrClN2O2S. The second-order valence-electron chi connectivity index (χ2n) is 4.40. The smallest absolute Gasteiger partial charge is 0.240 e. The van der Waals surface area contributed by atoms with E-state index in [-0.39, 0.29) is 5.91 Å². The number of aryl methyl sites for hydroxylation is 1. The van der Waals surface area contributed by atoms with E-state index in [1.807, 2.05) is 31.2 Å². The second kappa shape index (κ2) is 8.41. The Hall–Kier alpha value is -1.24. The van der Waals surface area contributed by atoms with Crippen LogP contribution in [-0.4, -0.2) is 17.9 Å². The first-order valence-corrected chi connectivity index (χ1v) is 8.66. The lowest BCUT2D eigenvalue weighted by molar-refractivity contribution is -0.120. The van der Waals surface area contributed by atoms with Crippen LogP contribution in [0.25, 0.3) is 0 Å². The van der Waals surface area contributed by atoms with Crippen LogP contribution in [0.5, 0.6) is 0 Å². The van der Waals surface area contributed by atoms with Crippen molar-refractivity contribution in [2.24, 2.45) is 5.10 Å². The first kappa shape index (κ1) is 17.1. The normalized spacial score (nSPS) is 11.0. The number of amides is 1. The van der Waals surface area contributed by atoms with Crippen molar-refractivity contribution in [1.29, 1.82) is 0 Å². The molecule has 0 aliphatic heterocycles. The van der Waals surface area contributed by atoms with Crippen LogP contribution in [0.4, 0.5) is 0 Å². The number of rotatable bonds is 6. The summed E-state index contributed by atoms with van der Waals surface area (Å²) in [6, 6.07) is 9.32. The molecule has 0 aliphatic carbocycles. The number of nitrogens with zero attached hydrogens (tertiary/aromatic N) is 1. The van der Waals surface area contributed by atoms with Crippen molar-refractivity contribution >= 4 is 51.4 Å². The summed E-state index contributed by atoms with van der Waals surface area (Å²) in [5, 5.41) is 4.57. The van der Waals surface area contributed by atoms with Crippen LogP contribution in [0.3, 0.4) is 0 Å². The van der Waals surface area contributed by atoms with Crippen LogP contribution in [0.1, 0.15) is 17.9 Å². The quantitative estimate of drug-likeness (QED) is 0.436. The van der Waals surface area contributed by atoms with Gasteiger partial charge in [-0.05, 0) is 47.1 Å². The average Bonchev–Trinajstić information content (AvgIpc) is 2.80. The maximum Gasteiger partial charge on any atom is 0.240 e. The molecule has 0 aliphatic rings. The van der Waals surface area contributed by atoms with Crippen molar-refractivity contribution in [2.75, 3.05) is 5.75 Å². The summed E-state index contributed by atoms with van der Waals surface area (Å²) in [6.07, 6.45) is 1.85. The van der Waals surface area contributed by atoms with Gasteiger partial charge < -0.3 is 4.42 Å². The number of halogens is 2. The van der Waals surface area contributed by atoms with Crippen LogP contribution < -0.4 is 5.43 Å². The number of hydrogen-bond donors (Lipinski definition) is 1. The highest BCUT2D eigenvalue weighted by atomic mass is 79.9. The Labute approximate surface area is 146 Å². The van der Waals surface area contributed by atoms with Gasteiger partial charge >= 0.3 is 0 Å². The van der Waals surface area contributed by atoms with E-state index < -0.39 is 0 Å². The Morgan fingerprint density at radius 3 is 2.82 bits per heavy atom. The van der Waals surface area contributed by atoms with Gasteiger partial charge in [-0.3, -0.25) is 4.79 Å². The highest BCUT2D eigenvalue weighted by molar-refractivity contribution is 9.10. The Morgan fingerprint density at radius 1 is 1.45 bits per heavy atom. The molecule has 2 rings (SSSR count). The number of nitrogens with one attached hydrogen (secondary N) is 1. The van der Waals surface area contributed by atoms with E-state index in [0.29, 0.717) is 23.0 Å². The lowest BCUT2D eigenvalue weighted by Gasteiger charge is -2.01. The molecule has 0 spiro atoms. The van der Waals surface area contributed by atoms with E-state index in [2.05, 4.69) is 26.5 Å². The molecule has 4 nitrogen and oxygen atoms in total. The van der Waals surface area contributed by atoms with Gasteiger partial charge in [-0.1, -0.05) is 11.6 Å². The SMILES string of the molecule is Cc1oc(/C=N/NC(=O)CCSc2ccc(Cl)cc2)cc1Br. The monoisotopic (exact) mass is 400 g/mol. The number of thioether (sulfide) groups is 1. The third-order valence-electron chi connectivity index (χ3n) is 2.67. The molecule has 1 N–H and O–H groups in total. The summed E-state index contributed by atoms with van der Waals surface area (Å²) in [5.74, 6) is 1.89. The van der Waals surface area contributed by atoms with Gasteiger partial charge in [-0.2, -0.15) is 5.10 Å². The Bertz CT molecular complexity index is 651. The lowest BCUT2D eigenvalue weighted by Crippen LogP contribution is -2.17. The van der Waals surface area contributed by atoms with Crippen molar-refractivity contribution in [3.63, 3.8) is 0 Å². The minimum Gasteiger partial charge on any atom is -0.459 e. The van der Waals surface area contributed by atoms with Crippen LogP contribution in [0.2, 0.25) is 5.02 Å². The standard InChI is InChI=1S/C15H14BrClN2O2S/c1-10-14(16)8-12(21-10)9-18-19-15(20)6-7-22-13-4-2-11(17)3-5-13/h2-5,8-9H,6-7H2,1H3,(H,19,20)/b18-9+. The van der Waals surface area contributed by atoms with Gasteiger partial charge in [0.2, 0.25) is 5.91 Å². The predicted molar refractivity (Wildman–Crippen MR) is 93.7 cm³/mol. The van der Waals surface area contributed by atoms with Gasteiger partial charge in [0.25, 0.3) is 0 Å². The zero-order valence-electron chi connectivity index (χ0n) is 11.8. The summed E-state index contributed by atoms with van der Waals surface area (Å²) in [6.45, 7) is 1.84. The largest absolute Gasteiger partial charge is 0.459 e. The maximum absolute atomic E-state index is 11.7. The molecule has 0 saturated heterocycles. The number of furan rings is 1. The molecule has 0 saturated carbocycles. The molecule has 22 heavy (non-hydrogen) atoms. The third-order valence-corrected chi connectivity index (χ3v) is 4.72. The molecule has 7 heteroatoms. The topological polar surface area (TPSA) is 54.6 Å². The lowest BCUT2D eigenvalue weighted by atomic mass is 10.4. The first-order chi connectivity index (χ1) is 10.5. The molecule has 0 radical (unpaired) electrons. The molecule has 0 unspecified atom stereocenters. The molecule has 1 amide bonds. The Kier molecular flexibility index (Phi) is 6.54. The van der Waals surface area contributed by atoms with Gasteiger partial charge in [0.05, 0.1) is 10.7 Å². The van der Waals surface area contributed by atoms with E-state index in [0.717, 1.165) is 15.1 Å². The second-order valence-corrected chi connectivity index (χ2v) is 6.86. The fourth-order valence-electron chi connectivity index (χ4n) is 1.56. The number of carbonyl (C=O) groups is 1. The summed E-state index contributed by atoms with van der Waals surface area (Å²) >= 11 is 10.8. The average molecular weight is 402 g/mol. The molecule has 0 fully saturated rings. The molecule has 0 bridgehead atoms. The van der Waals surface area contributed by atoms with Crippen LogP contribution in [0.15, 0.2) is 49.2 Å². The summed E-state index contributed by atoms with van der Waals surface area (Å²) in [4.78, 5) is 12.7.